The predicted octanol–water partition coefficient (Wildman–Crippen LogP) is 5.33. The van der Waals surface area contributed by atoms with Crippen molar-refractivity contribution in [3.63, 3.8) is 0 Å². The summed E-state index contributed by atoms with van der Waals surface area (Å²) in [5, 5.41) is 7.80. The number of carbonyl (C=O) groups excluding carboxylic acids is 1. The van der Waals surface area contributed by atoms with E-state index in [1.165, 1.54) is 6.92 Å². The molecule has 5 aromatic rings. The molecule has 0 radical (unpaired) electrons. The molecule has 5 rings (SSSR count). The Kier molecular flexibility index (Phi) is 5.26. The summed E-state index contributed by atoms with van der Waals surface area (Å²) < 4.78 is 4.24. The fourth-order valence-electron chi connectivity index (χ4n) is 3.64. The molecule has 0 saturated heterocycles. The van der Waals surface area contributed by atoms with Crippen LogP contribution in [0.1, 0.15) is 28.7 Å². The molecule has 4 heterocycles. The van der Waals surface area contributed by atoms with Gasteiger partial charge in [-0.3, -0.25) is 14.3 Å². The molecule has 1 N–H and O–H groups in total. The number of carbonyl (C=O) groups is 1. The van der Waals surface area contributed by atoms with E-state index < -0.39 is 0 Å². The minimum absolute atomic E-state index is 0.0770. The molecule has 0 fully saturated rings. The number of nitrogens with zero attached hydrogens (tertiary/aromatic N) is 6. The number of hydrogen-bond donors (Lipinski definition) is 1. The number of imidazole rings is 1. The second kappa shape index (κ2) is 8.25. The van der Waals surface area contributed by atoms with Crippen molar-refractivity contribution in [2.45, 2.75) is 20.8 Å². The summed E-state index contributed by atoms with van der Waals surface area (Å²) in [5.41, 5.74) is 5.87. The first kappa shape index (κ1) is 21.0. The van der Waals surface area contributed by atoms with Gasteiger partial charge in [0, 0.05) is 17.1 Å². The van der Waals surface area contributed by atoms with E-state index in [-0.39, 0.29) is 5.78 Å². The number of hydrogen-bond acceptors (Lipinski definition) is 6. The highest BCUT2D eigenvalue weighted by atomic mass is 79.9. The minimum Gasteiger partial charge on any atom is -0.354 e. The molecule has 0 atom stereocenters. The summed E-state index contributed by atoms with van der Waals surface area (Å²) >= 11 is 3.40. The molecule has 4 aromatic heterocycles. The third-order valence-electron chi connectivity index (χ3n) is 5.29. The van der Waals surface area contributed by atoms with Crippen molar-refractivity contribution in [2.75, 3.05) is 5.32 Å². The Morgan fingerprint density at radius 3 is 2.52 bits per heavy atom. The number of nitrogens with one attached hydrogen (secondary N) is 1. The van der Waals surface area contributed by atoms with Gasteiger partial charge in [0.25, 0.3) is 0 Å². The van der Waals surface area contributed by atoms with Crippen LogP contribution in [0.15, 0.2) is 65.7 Å². The number of benzene rings is 1. The van der Waals surface area contributed by atoms with Crippen LogP contribution in [0.2, 0.25) is 0 Å². The first-order chi connectivity index (χ1) is 15.9. The van der Waals surface area contributed by atoms with Crippen LogP contribution in [0.4, 0.5) is 11.4 Å². The maximum absolute atomic E-state index is 12.3. The second-order valence-corrected chi connectivity index (χ2v) is 8.56. The van der Waals surface area contributed by atoms with E-state index >= 15 is 0 Å². The maximum atomic E-state index is 12.3. The molecule has 0 amide bonds. The van der Waals surface area contributed by atoms with E-state index in [1.54, 1.807) is 23.3 Å². The van der Waals surface area contributed by atoms with Crippen LogP contribution in [0.3, 0.4) is 0 Å². The minimum atomic E-state index is -0.0770. The molecule has 0 bridgehead atoms. The number of Topliss-reactive ketones (excluding diaryl/α,β-unsaturated/α-hetero) is 1. The van der Waals surface area contributed by atoms with Gasteiger partial charge in [-0.15, -0.1) is 0 Å². The number of pyridine rings is 2. The summed E-state index contributed by atoms with van der Waals surface area (Å²) in [6.07, 6.45) is 3.53. The largest absolute Gasteiger partial charge is 0.354 e. The van der Waals surface area contributed by atoms with Crippen molar-refractivity contribution in [2.24, 2.45) is 0 Å². The Balaban J connectivity index is 1.55. The maximum Gasteiger partial charge on any atom is 0.166 e. The van der Waals surface area contributed by atoms with E-state index in [4.69, 9.17) is 4.98 Å². The van der Waals surface area contributed by atoms with Crippen LogP contribution in [0.5, 0.6) is 0 Å². The molecule has 0 aliphatic rings. The third kappa shape index (κ3) is 4.03. The lowest BCUT2D eigenvalue weighted by Gasteiger charge is -2.12. The van der Waals surface area contributed by atoms with Gasteiger partial charge in [-0.05, 0) is 85.2 Å². The highest BCUT2D eigenvalue weighted by molar-refractivity contribution is 9.10. The molecular formula is C24H20BrN7O. The van der Waals surface area contributed by atoms with Gasteiger partial charge in [0.2, 0.25) is 0 Å². The molecule has 0 aliphatic carbocycles. The van der Waals surface area contributed by atoms with Gasteiger partial charge >= 0.3 is 0 Å². The quantitative estimate of drug-likeness (QED) is 0.327. The van der Waals surface area contributed by atoms with Crippen LogP contribution < -0.4 is 5.32 Å². The third-order valence-corrected chi connectivity index (χ3v) is 5.68. The van der Waals surface area contributed by atoms with Crippen molar-refractivity contribution < 1.29 is 4.79 Å². The number of anilines is 2. The zero-order chi connectivity index (χ0) is 23.1. The van der Waals surface area contributed by atoms with E-state index in [0.29, 0.717) is 21.8 Å². The van der Waals surface area contributed by atoms with Gasteiger partial charge in [-0.2, -0.15) is 5.10 Å². The van der Waals surface area contributed by atoms with Crippen molar-refractivity contribution in [3.05, 3.63) is 82.6 Å². The van der Waals surface area contributed by atoms with Crippen molar-refractivity contribution in [3.8, 4) is 11.6 Å². The SMILES string of the molecule is CC(=O)c1ccc(-n2cnc3cc(Nc4ccc(C)nc4)ccc32)nc1-n1nc(Br)cc1C. The first-order valence-corrected chi connectivity index (χ1v) is 11.1. The van der Waals surface area contributed by atoms with E-state index in [0.717, 1.165) is 33.8 Å². The van der Waals surface area contributed by atoms with Gasteiger partial charge in [0.05, 0.1) is 28.5 Å². The Labute approximate surface area is 198 Å². The summed E-state index contributed by atoms with van der Waals surface area (Å²) in [6.45, 7) is 5.40. The molecule has 164 valence electrons. The van der Waals surface area contributed by atoms with Crippen LogP contribution >= 0.6 is 15.9 Å². The van der Waals surface area contributed by atoms with E-state index in [2.05, 4.69) is 36.3 Å². The monoisotopic (exact) mass is 501 g/mol. The summed E-state index contributed by atoms with van der Waals surface area (Å²) in [5.74, 6) is 1.05. The zero-order valence-corrected chi connectivity index (χ0v) is 19.8. The number of aryl methyl sites for hydroxylation is 2. The number of halogens is 1. The Morgan fingerprint density at radius 1 is 1.00 bits per heavy atom. The lowest BCUT2D eigenvalue weighted by atomic mass is 10.2. The number of fused-ring (bicyclic) bond motifs is 1. The van der Waals surface area contributed by atoms with Gasteiger partial charge in [-0.1, -0.05) is 0 Å². The molecule has 0 saturated carbocycles. The Bertz CT molecular complexity index is 1500. The lowest BCUT2D eigenvalue weighted by molar-refractivity contribution is 0.101. The van der Waals surface area contributed by atoms with Crippen molar-refractivity contribution in [1.29, 1.82) is 0 Å². The number of ketones is 1. The molecule has 1 aromatic carbocycles. The van der Waals surface area contributed by atoms with Gasteiger partial charge in [0.15, 0.2) is 11.6 Å². The topological polar surface area (TPSA) is 90.5 Å². The average Bonchev–Trinajstić information content (AvgIpc) is 3.36. The standard InChI is InChI=1S/C24H20BrN7O/c1-14-4-5-18(12-26-14)28-17-6-8-21-20(11-17)27-13-31(21)23-9-7-19(16(3)33)24(29-23)32-15(2)10-22(25)30-32/h4-13,28H,1-3H3. The van der Waals surface area contributed by atoms with Crippen LogP contribution in [-0.4, -0.2) is 35.1 Å². The molecule has 0 unspecified atom stereocenters. The smallest absolute Gasteiger partial charge is 0.166 e. The summed E-state index contributed by atoms with van der Waals surface area (Å²) in [6, 6.07) is 15.4. The average molecular weight is 502 g/mol. The fourth-order valence-corrected chi connectivity index (χ4v) is 4.13. The first-order valence-electron chi connectivity index (χ1n) is 10.3. The molecule has 0 spiro atoms. The van der Waals surface area contributed by atoms with Crippen molar-refractivity contribution in [1.82, 2.24) is 29.3 Å². The fraction of sp³-hybridized carbons (Fsp3) is 0.125. The summed E-state index contributed by atoms with van der Waals surface area (Å²) in [7, 11) is 0. The number of rotatable bonds is 5. The van der Waals surface area contributed by atoms with Gasteiger partial charge in [0.1, 0.15) is 16.7 Å². The zero-order valence-electron chi connectivity index (χ0n) is 18.2. The molecule has 9 heteroatoms. The van der Waals surface area contributed by atoms with Crippen LogP contribution in [0, 0.1) is 13.8 Å². The van der Waals surface area contributed by atoms with Crippen LogP contribution in [0.25, 0.3) is 22.7 Å². The molecule has 0 aliphatic heterocycles. The normalized spacial score (nSPS) is 11.2. The lowest BCUT2D eigenvalue weighted by Crippen LogP contribution is -2.11. The highest BCUT2D eigenvalue weighted by Gasteiger charge is 2.17. The van der Waals surface area contributed by atoms with Crippen LogP contribution in [-0.2, 0) is 0 Å². The van der Waals surface area contributed by atoms with Gasteiger partial charge < -0.3 is 5.32 Å². The molecular weight excluding hydrogens is 482 g/mol. The molecule has 33 heavy (non-hydrogen) atoms. The Hall–Kier alpha value is -3.85. The Morgan fingerprint density at radius 2 is 1.82 bits per heavy atom. The van der Waals surface area contributed by atoms with E-state index in [1.807, 2.05) is 60.9 Å². The molecule has 8 nitrogen and oxygen atoms in total. The predicted molar refractivity (Wildman–Crippen MR) is 131 cm³/mol. The van der Waals surface area contributed by atoms with Gasteiger partial charge in [-0.25, -0.2) is 14.6 Å². The van der Waals surface area contributed by atoms with E-state index in [9.17, 15) is 4.79 Å². The summed E-state index contributed by atoms with van der Waals surface area (Å²) in [4.78, 5) is 25.9. The second-order valence-electron chi connectivity index (χ2n) is 7.75. The van der Waals surface area contributed by atoms with Crippen molar-refractivity contribution >= 4 is 44.1 Å². The highest BCUT2D eigenvalue weighted by Crippen LogP contribution is 2.25. The number of aromatic nitrogens is 6.